The van der Waals surface area contributed by atoms with Crippen LogP contribution in [0.1, 0.15) is 12.5 Å². The Labute approximate surface area is 141 Å². The molecule has 0 radical (unpaired) electrons. The van der Waals surface area contributed by atoms with Crippen LogP contribution in [0.3, 0.4) is 0 Å². The van der Waals surface area contributed by atoms with Crippen molar-refractivity contribution in [3.05, 3.63) is 29.8 Å². The first-order valence-electron chi connectivity index (χ1n) is 7.67. The number of benzene rings is 1. The third kappa shape index (κ3) is 3.69. The van der Waals surface area contributed by atoms with Gasteiger partial charge in [-0.25, -0.2) is 0 Å². The molecule has 0 atom stereocenters. The molecule has 2 aromatic rings. The first-order chi connectivity index (χ1) is 11.3. The quantitative estimate of drug-likeness (QED) is 0.637. The normalized spacial score (nSPS) is 14.4. The molecular weight excluding hydrogens is 308 g/mol. The molecule has 3 rings (SSSR count). The highest BCUT2D eigenvalue weighted by molar-refractivity contribution is 7.99. The number of thioether (sulfide) groups is 1. The van der Waals surface area contributed by atoms with Gasteiger partial charge in [0.05, 0.1) is 24.7 Å². The molecule has 0 N–H and O–H groups in total. The van der Waals surface area contributed by atoms with E-state index in [0.717, 1.165) is 43.1 Å². The molecule has 0 bridgehead atoms. The minimum absolute atomic E-state index is 0.712. The number of aryl methyl sites for hydroxylation is 1. The lowest BCUT2D eigenvalue weighted by atomic mass is 10.2. The molecule has 1 saturated heterocycles. The lowest BCUT2D eigenvalue weighted by Gasteiger charge is -2.27. The largest absolute Gasteiger partial charge is 0.378 e. The van der Waals surface area contributed by atoms with Crippen molar-refractivity contribution >= 4 is 17.7 Å². The molecular formula is C17H20N4OS. The fourth-order valence-electron chi connectivity index (χ4n) is 2.42. The van der Waals surface area contributed by atoms with Gasteiger partial charge in [-0.2, -0.15) is 0 Å². The molecule has 6 heteroatoms. The van der Waals surface area contributed by atoms with Gasteiger partial charge < -0.3 is 9.64 Å². The molecule has 0 spiro atoms. The van der Waals surface area contributed by atoms with Crippen molar-refractivity contribution in [2.75, 3.05) is 37.0 Å². The smallest absolute Gasteiger partial charge is 0.232 e. The fraction of sp³-hybridized carbons (Fsp3) is 0.412. The molecule has 2 heterocycles. The Hall–Kier alpha value is -1.97. The summed E-state index contributed by atoms with van der Waals surface area (Å²) in [5.74, 6) is 7.58. The van der Waals surface area contributed by atoms with Crippen LogP contribution < -0.4 is 4.90 Å². The lowest BCUT2D eigenvalue weighted by Crippen LogP contribution is -2.37. The van der Waals surface area contributed by atoms with Crippen LogP contribution in [0.25, 0.3) is 5.69 Å². The maximum atomic E-state index is 5.45. The van der Waals surface area contributed by atoms with Gasteiger partial charge in [0.1, 0.15) is 0 Å². The zero-order valence-corrected chi connectivity index (χ0v) is 14.3. The fourth-order valence-corrected chi connectivity index (χ4v) is 3.18. The standard InChI is InChI=1S/C17H20N4OS/c1-3-4-13-23-17-19-18-16(20-9-11-22-12-10-20)21(17)15-7-5-14(2)6-8-15/h5-8H,9-13H2,1-2H3. The van der Waals surface area contributed by atoms with E-state index in [9.17, 15) is 0 Å². The molecule has 5 nitrogen and oxygen atoms in total. The van der Waals surface area contributed by atoms with Gasteiger partial charge in [-0.1, -0.05) is 35.4 Å². The Morgan fingerprint density at radius 3 is 2.61 bits per heavy atom. The Balaban J connectivity index is 1.97. The summed E-state index contributed by atoms with van der Waals surface area (Å²) in [4.78, 5) is 2.23. The maximum Gasteiger partial charge on any atom is 0.232 e. The molecule has 1 aromatic heterocycles. The summed E-state index contributed by atoms with van der Waals surface area (Å²) in [5.41, 5.74) is 2.31. The number of hydrogen-bond donors (Lipinski definition) is 0. The number of ether oxygens (including phenoxy) is 1. The summed E-state index contributed by atoms with van der Waals surface area (Å²) < 4.78 is 7.56. The summed E-state index contributed by atoms with van der Waals surface area (Å²) in [6.07, 6.45) is 0. The summed E-state index contributed by atoms with van der Waals surface area (Å²) in [6, 6.07) is 8.44. The number of nitrogens with zero attached hydrogens (tertiary/aromatic N) is 4. The van der Waals surface area contributed by atoms with Crippen molar-refractivity contribution in [2.45, 2.75) is 19.0 Å². The summed E-state index contributed by atoms with van der Waals surface area (Å²) in [7, 11) is 0. The number of anilines is 1. The predicted octanol–water partition coefficient (Wildman–Crippen LogP) is 2.53. The number of morpholine rings is 1. The third-order valence-corrected chi connectivity index (χ3v) is 4.46. The molecule has 1 aromatic carbocycles. The van der Waals surface area contributed by atoms with Crippen LogP contribution in [0.15, 0.2) is 29.4 Å². The van der Waals surface area contributed by atoms with Gasteiger partial charge in [-0.05, 0) is 26.0 Å². The number of hydrogen-bond acceptors (Lipinski definition) is 5. The van der Waals surface area contributed by atoms with Gasteiger partial charge in [0.25, 0.3) is 0 Å². The zero-order chi connectivity index (χ0) is 16.1. The second-order valence-electron chi connectivity index (χ2n) is 5.27. The van der Waals surface area contributed by atoms with Gasteiger partial charge in [-0.3, -0.25) is 4.57 Å². The van der Waals surface area contributed by atoms with Crippen LogP contribution in [-0.4, -0.2) is 46.8 Å². The van der Waals surface area contributed by atoms with Crippen molar-refractivity contribution in [2.24, 2.45) is 0 Å². The van der Waals surface area contributed by atoms with Crippen molar-refractivity contribution < 1.29 is 4.74 Å². The van der Waals surface area contributed by atoms with E-state index < -0.39 is 0 Å². The number of rotatable bonds is 4. The Kier molecular flexibility index (Phi) is 5.21. The molecule has 1 fully saturated rings. The van der Waals surface area contributed by atoms with Gasteiger partial charge >= 0.3 is 0 Å². The van der Waals surface area contributed by atoms with Crippen LogP contribution >= 0.6 is 11.8 Å². The van der Waals surface area contributed by atoms with E-state index in [-0.39, 0.29) is 0 Å². The van der Waals surface area contributed by atoms with Crippen LogP contribution in [-0.2, 0) is 4.74 Å². The van der Waals surface area contributed by atoms with E-state index in [0.29, 0.717) is 5.75 Å². The Bertz CT molecular complexity index is 708. The van der Waals surface area contributed by atoms with Gasteiger partial charge in [0.2, 0.25) is 5.95 Å². The SMILES string of the molecule is CC#CCSc1nnc(N2CCOCC2)n1-c1ccc(C)cc1. The highest BCUT2D eigenvalue weighted by Crippen LogP contribution is 2.27. The van der Waals surface area contributed by atoms with Crippen molar-refractivity contribution in [1.29, 1.82) is 0 Å². The Morgan fingerprint density at radius 1 is 1.17 bits per heavy atom. The van der Waals surface area contributed by atoms with E-state index in [1.165, 1.54) is 5.56 Å². The molecule has 0 aliphatic carbocycles. The van der Waals surface area contributed by atoms with E-state index in [2.05, 4.69) is 62.7 Å². The monoisotopic (exact) mass is 328 g/mol. The van der Waals surface area contributed by atoms with E-state index >= 15 is 0 Å². The zero-order valence-electron chi connectivity index (χ0n) is 13.5. The summed E-state index contributed by atoms with van der Waals surface area (Å²) in [5, 5.41) is 9.69. The number of aromatic nitrogens is 3. The molecule has 0 amide bonds. The molecule has 0 unspecified atom stereocenters. The van der Waals surface area contributed by atoms with Crippen LogP contribution in [0, 0.1) is 18.8 Å². The van der Waals surface area contributed by atoms with Crippen molar-refractivity contribution in [3.63, 3.8) is 0 Å². The second-order valence-corrected chi connectivity index (χ2v) is 6.21. The van der Waals surface area contributed by atoms with Crippen molar-refractivity contribution in [3.8, 4) is 17.5 Å². The lowest BCUT2D eigenvalue weighted by molar-refractivity contribution is 0.122. The topological polar surface area (TPSA) is 43.2 Å². The van der Waals surface area contributed by atoms with Crippen LogP contribution in [0.2, 0.25) is 0 Å². The Morgan fingerprint density at radius 2 is 1.91 bits per heavy atom. The van der Waals surface area contributed by atoms with E-state index in [1.807, 2.05) is 6.92 Å². The van der Waals surface area contributed by atoms with Gasteiger partial charge in [0, 0.05) is 13.1 Å². The van der Waals surface area contributed by atoms with Gasteiger partial charge in [0.15, 0.2) is 5.16 Å². The molecule has 1 aliphatic heterocycles. The third-order valence-electron chi connectivity index (χ3n) is 3.65. The van der Waals surface area contributed by atoms with E-state index in [4.69, 9.17) is 4.74 Å². The second kappa shape index (κ2) is 7.53. The highest BCUT2D eigenvalue weighted by atomic mass is 32.2. The van der Waals surface area contributed by atoms with Crippen LogP contribution in [0.4, 0.5) is 5.95 Å². The summed E-state index contributed by atoms with van der Waals surface area (Å²) >= 11 is 1.61. The first-order valence-corrected chi connectivity index (χ1v) is 8.65. The minimum atomic E-state index is 0.712. The molecule has 0 saturated carbocycles. The average molecular weight is 328 g/mol. The highest BCUT2D eigenvalue weighted by Gasteiger charge is 2.21. The summed E-state index contributed by atoms with van der Waals surface area (Å²) in [6.45, 7) is 7.07. The molecule has 120 valence electrons. The van der Waals surface area contributed by atoms with E-state index in [1.54, 1.807) is 11.8 Å². The maximum absolute atomic E-state index is 5.45. The average Bonchev–Trinajstić information content (AvgIpc) is 3.00. The molecule has 23 heavy (non-hydrogen) atoms. The van der Waals surface area contributed by atoms with Gasteiger partial charge in [-0.15, -0.1) is 16.1 Å². The first kappa shape index (κ1) is 15.9. The van der Waals surface area contributed by atoms with Crippen molar-refractivity contribution in [1.82, 2.24) is 14.8 Å². The predicted molar refractivity (Wildman–Crippen MR) is 93.3 cm³/mol. The minimum Gasteiger partial charge on any atom is -0.378 e. The van der Waals surface area contributed by atoms with Crippen LogP contribution in [0.5, 0.6) is 0 Å². The molecule has 1 aliphatic rings.